The van der Waals surface area contributed by atoms with Crippen LogP contribution in [0.2, 0.25) is 0 Å². The summed E-state index contributed by atoms with van der Waals surface area (Å²) in [6.45, 7) is 9.19. The molecule has 0 atom stereocenters. The average Bonchev–Trinajstić information content (AvgIpc) is 2.00. The Balaban J connectivity index is 4.00. The van der Waals surface area contributed by atoms with Gasteiger partial charge in [-0.2, -0.15) is 0 Å². The molecule has 0 unspecified atom stereocenters. The fourth-order valence-corrected chi connectivity index (χ4v) is 0.525. The quantitative estimate of drug-likeness (QED) is 0.366. The molecule has 2 nitrogen and oxygen atoms in total. The Morgan fingerprint density at radius 1 is 1.58 bits per heavy atom. The van der Waals surface area contributed by atoms with E-state index in [1.807, 2.05) is 20.8 Å². The maximum absolute atomic E-state index is 11.0. The highest BCUT2D eigenvalue weighted by Crippen LogP contribution is 2.13. The second kappa shape index (κ2) is 4.75. The van der Waals surface area contributed by atoms with Gasteiger partial charge in [0, 0.05) is 6.08 Å². The normalized spacial score (nSPS) is 11.6. The number of allylic oxidation sites excluding steroid dienone is 2. The zero-order chi connectivity index (χ0) is 9.61. The molecule has 2 heteroatoms. The zero-order valence-corrected chi connectivity index (χ0v) is 7.96. The van der Waals surface area contributed by atoms with Gasteiger partial charge < -0.3 is 4.74 Å². The lowest BCUT2D eigenvalue weighted by molar-refractivity contribution is -0.150. The van der Waals surface area contributed by atoms with Crippen LogP contribution in [0, 0.1) is 0 Å². The topological polar surface area (TPSA) is 26.3 Å². The van der Waals surface area contributed by atoms with Gasteiger partial charge in [0.1, 0.15) is 5.60 Å². The highest BCUT2D eigenvalue weighted by atomic mass is 16.6. The summed E-state index contributed by atoms with van der Waals surface area (Å²) in [7, 11) is 0. The van der Waals surface area contributed by atoms with Crippen LogP contribution in [-0.2, 0) is 9.53 Å². The van der Waals surface area contributed by atoms with Crippen molar-refractivity contribution in [2.45, 2.75) is 32.8 Å². The lowest BCUT2D eigenvalue weighted by Crippen LogP contribution is -2.25. The van der Waals surface area contributed by atoms with Crippen LogP contribution in [0.1, 0.15) is 27.2 Å². The Kier molecular flexibility index (Phi) is 4.34. The lowest BCUT2D eigenvalue weighted by Gasteiger charge is -2.22. The summed E-state index contributed by atoms with van der Waals surface area (Å²) in [5, 5.41) is 0. The van der Waals surface area contributed by atoms with Crippen molar-refractivity contribution in [3.05, 3.63) is 24.8 Å². The summed E-state index contributed by atoms with van der Waals surface area (Å²) in [6.07, 6.45) is 5.28. The highest BCUT2D eigenvalue weighted by Gasteiger charge is 2.18. The third-order valence-corrected chi connectivity index (χ3v) is 1.60. The van der Waals surface area contributed by atoms with Gasteiger partial charge in [-0.3, -0.25) is 0 Å². The van der Waals surface area contributed by atoms with Crippen LogP contribution >= 0.6 is 0 Å². The molecule has 0 N–H and O–H groups in total. The molecule has 0 radical (unpaired) electrons. The van der Waals surface area contributed by atoms with Crippen LogP contribution in [0.15, 0.2) is 24.8 Å². The number of carbonyl (C=O) groups is 1. The molecule has 12 heavy (non-hydrogen) atoms. The van der Waals surface area contributed by atoms with E-state index in [9.17, 15) is 4.79 Å². The van der Waals surface area contributed by atoms with Crippen molar-refractivity contribution >= 4 is 5.97 Å². The minimum absolute atomic E-state index is 0.318. The van der Waals surface area contributed by atoms with Crippen LogP contribution in [0.25, 0.3) is 0 Å². The Hall–Kier alpha value is -1.05. The van der Waals surface area contributed by atoms with E-state index < -0.39 is 0 Å². The van der Waals surface area contributed by atoms with Gasteiger partial charge in [-0.05, 0) is 20.3 Å². The molecular weight excluding hydrogens is 152 g/mol. The minimum atomic E-state index is -0.372. The molecule has 0 aliphatic rings. The molecule has 0 aliphatic heterocycles. The second-order valence-corrected chi connectivity index (χ2v) is 3.13. The molecule has 0 aromatic carbocycles. The maximum atomic E-state index is 11.0. The van der Waals surface area contributed by atoms with Gasteiger partial charge in [-0.1, -0.05) is 25.7 Å². The Bertz CT molecular complexity index is 190. The number of esters is 1. The van der Waals surface area contributed by atoms with Gasteiger partial charge >= 0.3 is 5.97 Å². The number of carbonyl (C=O) groups excluding carboxylic acids is 1. The minimum Gasteiger partial charge on any atom is -0.457 e. The summed E-state index contributed by atoms with van der Waals surface area (Å²) < 4.78 is 5.12. The number of hydrogen-bond acceptors (Lipinski definition) is 2. The van der Waals surface area contributed by atoms with E-state index in [-0.39, 0.29) is 11.6 Å². The monoisotopic (exact) mass is 168 g/mol. The third kappa shape index (κ3) is 4.72. The lowest BCUT2D eigenvalue weighted by atomic mass is 10.1. The fraction of sp³-hybridized carbons (Fsp3) is 0.500. The van der Waals surface area contributed by atoms with Crippen molar-refractivity contribution in [2.24, 2.45) is 0 Å². The molecule has 0 bridgehead atoms. The SMILES string of the molecule is C=CC=CC(=O)OC(C)(C)CC. The van der Waals surface area contributed by atoms with Gasteiger partial charge in [-0.15, -0.1) is 0 Å². The first-order valence-corrected chi connectivity index (χ1v) is 4.04. The molecule has 0 aromatic heterocycles. The molecule has 0 rings (SSSR count). The van der Waals surface area contributed by atoms with Crippen molar-refractivity contribution in [2.75, 3.05) is 0 Å². The molecule has 0 saturated carbocycles. The smallest absolute Gasteiger partial charge is 0.331 e. The van der Waals surface area contributed by atoms with E-state index in [2.05, 4.69) is 6.58 Å². The van der Waals surface area contributed by atoms with Gasteiger partial charge in [0.15, 0.2) is 0 Å². The molecule has 0 aliphatic carbocycles. The van der Waals surface area contributed by atoms with Gasteiger partial charge in [0.05, 0.1) is 0 Å². The molecular formula is C10H16O2. The molecule has 68 valence electrons. The molecule has 0 amide bonds. The third-order valence-electron chi connectivity index (χ3n) is 1.60. The summed E-state index contributed by atoms with van der Waals surface area (Å²) in [6, 6.07) is 0. The second-order valence-electron chi connectivity index (χ2n) is 3.13. The molecule has 0 aromatic rings. The highest BCUT2D eigenvalue weighted by molar-refractivity contribution is 5.82. The van der Waals surface area contributed by atoms with Gasteiger partial charge in [-0.25, -0.2) is 4.79 Å². The van der Waals surface area contributed by atoms with Gasteiger partial charge in [0.25, 0.3) is 0 Å². The summed E-state index contributed by atoms with van der Waals surface area (Å²) >= 11 is 0. The molecule has 0 spiro atoms. The Morgan fingerprint density at radius 3 is 2.58 bits per heavy atom. The van der Waals surface area contributed by atoms with Crippen molar-refractivity contribution in [1.29, 1.82) is 0 Å². The average molecular weight is 168 g/mol. The van der Waals surface area contributed by atoms with Crippen LogP contribution in [-0.4, -0.2) is 11.6 Å². The Morgan fingerprint density at radius 2 is 2.17 bits per heavy atom. The van der Waals surface area contributed by atoms with Crippen LogP contribution in [0.3, 0.4) is 0 Å². The van der Waals surface area contributed by atoms with Crippen LogP contribution in [0.4, 0.5) is 0 Å². The van der Waals surface area contributed by atoms with Crippen LogP contribution in [0.5, 0.6) is 0 Å². The van der Waals surface area contributed by atoms with Crippen molar-refractivity contribution in [1.82, 2.24) is 0 Å². The fourth-order valence-electron chi connectivity index (χ4n) is 0.525. The number of rotatable bonds is 4. The van der Waals surface area contributed by atoms with E-state index in [0.717, 1.165) is 6.42 Å². The first-order valence-electron chi connectivity index (χ1n) is 4.04. The predicted molar refractivity (Wildman–Crippen MR) is 49.8 cm³/mol. The maximum Gasteiger partial charge on any atom is 0.331 e. The largest absolute Gasteiger partial charge is 0.457 e. The summed E-state index contributed by atoms with van der Waals surface area (Å²) in [5.74, 6) is -0.318. The Labute approximate surface area is 73.9 Å². The predicted octanol–water partition coefficient (Wildman–Crippen LogP) is 2.46. The molecule has 0 heterocycles. The van der Waals surface area contributed by atoms with E-state index in [1.54, 1.807) is 12.2 Å². The van der Waals surface area contributed by atoms with Crippen LogP contribution < -0.4 is 0 Å². The zero-order valence-electron chi connectivity index (χ0n) is 7.96. The van der Waals surface area contributed by atoms with Crippen molar-refractivity contribution in [3.63, 3.8) is 0 Å². The van der Waals surface area contributed by atoms with Crippen molar-refractivity contribution < 1.29 is 9.53 Å². The molecule has 0 fully saturated rings. The first kappa shape index (κ1) is 11.0. The summed E-state index contributed by atoms with van der Waals surface area (Å²) in [5.41, 5.74) is -0.372. The van der Waals surface area contributed by atoms with E-state index in [0.29, 0.717) is 0 Å². The first-order chi connectivity index (χ1) is 5.52. The number of hydrogen-bond donors (Lipinski definition) is 0. The van der Waals surface area contributed by atoms with Crippen molar-refractivity contribution in [3.8, 4) is 0 Å². The molecule has 0 saturated heterocycles. The standard InChI is InChI=1S/C10H16O2/c1-5-7-8-9(11)12-10(3,4)6-2/h5,7-8H,1,6H2,2-4H3. The summed E-state index contributed by atoms with van der Waals surface area (Å²) in [4.78, 5) is 11.0. The number of ether oxygens (including phenoxy) is 1. The van der Waals surface area contributed by atoms with E-state index in [1.165, 1.54) is 6.08 Å². The van der Waals surface area contributed by atoms with E-state index in [4.69, 9.17) is 4.74 Å². The van der Waals surface area contributed by atoms with Gasteiger partial charge in [0.2, 0.25) is 0 Å². The van der Waals surface area contributed by atoms with E-state index >= 15 is 0 Å².